The standard InChI is InChI=1S/C49H31N3O2S/c1-4-15-32(16-5-1)49-50-47-42(52(34-19-8-3-9-20-34)41-24-14-23-39-38-22-11-13-26-46(38)55-48(39)41)30-36(31-45(47)54-49)51(33-17-6-2-7-18-33)35-27-28-44-40(29-35)37-21-10-12-25-43(37)53-44/h1-31H. The summed E-state index contributed by atoms with van der Waals surface area (Å²) >= 11 is 1.82. The third kappa shape index (κ3) is 5.26. The minimum absolute atomic E-state index is 0.569. The molecule has 260 valence electrons. The summed E-state index contributed by atoms with van der Waals surface area (Å²) in [5, 5.41) is 4.62. The Hall–Kier alpha value is -7.15. The van der Waals surface area contributed by atoms with Crippen LogP contribution in [0.5, 0.6) is 0 Å². The molecule has 0 aliphatic rings. The van der Waals surface area contributed by atoms with Gasteiger partial charge in [-0.1, -0.05) is 103 Å². The number of para-hydroxylation sites is 3. The minimum atomic E-state index is 0.569. The van der Waals surface area contributed by atoms with Gasteiger partial charge in [0.1, 0.15) is 16.7 Å². The van der Waals surface area contributed by atoms with E-state index in [1.807, 2.05) is 53.8 Å². The Bertz CT molecular complexity index is 3170. The number of oxazole rings is 1. The lowest BCUT2D eigenvalue weighted by Gasteiger charge is -2.29. The van der Waals surface area contributed by atoms with E-state index in [4.69, 9.17) is 13.8 Å². The maximum atomic E-state index is 6.75. The van der Waals surface area contributed by atoms with Crippen molar-refractivity contribution in [2.45, 2.75) is 0 Å². The van der Waals surface area contributed by atoms with Crippen molar-refractivity contribution < 1.29 is 8.83 Å². The lowest BCUT2D eigenvalue weighted by molar-refractivity contribution is 0.620. The van der Waals surface area contributed by atoms with E-state index < -0.39 is 0 Å². The van der Waals surface area contributed by atoms with Gasteiger partial charge in [0.15, 0.2) is 5.58 Å². The van der Waals surface area contributed by atoms with Crippen LogP contribution in [-0.4, -0.2) is 4.98 Å². The summed E-state index contributed by atoms with van der Waals surface area (Å²) in [6, 6.07) is 65.4. The van der Waals surface area contributed by atoms with Crippen LogP contribution in [0.15, 0.2) is 197 Å². The van der Waals surface area contributed by atoms with Gasteiger partial charge in [0, 0.05) is 54.9 Å². The number of thiophene rings is 1. The van der Waals surface area contributed by atoms with Crippen LogP contribution >= 0.6 is 11.3 Å². The predicted molar refractivity (Wildman–Crippen MR) is 229 cm³/mol. The van der Waals surface area contributed by atoms with E-state index in [0.717, 1.165) is 67.1 Å². The van der Waals surface area contributed by atoms with Crippen molar-refractivity contribution in [2.24, 2.45) is 0 Å². The monoisotopic (exact) mass is 725 g/mol. The second-order valence-electron chi connectivity index (χ2n) is 13.6. The van der Waals surface area contributed by atoms with Gasteiger partial charge in [-0.25, -0.2) is 4.98 Å². The summed E-state index contributed by atoms with van der Waals surface area (Å²) in [6.45, 7) is 0. The molecule has 0 spiro atoms. The molecule has 5 nitrogen and oxygen atoms in total. The van der Waals surface area contributed by atoms with Crippen molar-refractivity contribution in [3.63, 3.8) is 0 Å². The molecular formula is C49H31N3O2S. The van der Waals surface area contributed by atoms with Gasteiger partial charge < -0.3 is 18.6 Å². The third-order valence-corrected chi connectivity index (χ3v) is 11.5. The van der Waals surface area contributed by atoms with Gasteiger partial charge in [0.25, 0.3) is 0 Å². The zero-order valence-corrected chi connectivity index (χ0v) is 30.3. The van der Waals surface area contributed by atoms with Gasteiger partial charge in [0.2, 0.25) is 5.89 Å². The minimum Gasteiger partial charge on any atom is -0.456 e. The molecule has 8 aromatic carbocycles. The molecule has 0 aliphatic heterocycles. The zero-order valence-electron chi connectivity index (χ0n) is 29.5. The van der Waals surface area contributed by atoms with Crippen LogP contribution in [0.3, 0.4) is 0 Å². The van der Waals surface area contributed by atoms with Crippen LogP contribution in [0.25, 0.3) is 64.7 Å². The second kappa shape index (κ2) is 12.8. The van der Waals surface area contributed by atoms with Crippen LogP contribution in [0.1, 0.15) is 0 Å². The summed E-state index contributed by atoms with van der Waals surface area (Å²) < 4.78 is 15.5. The fourth-order valence-corrected chi connectivity index (χ4v) is 8.98. The molecule has 0 saturated carbocycles. The molecule has 11 aromatic rings. The van der Waals surface area contributed by atoms with Crippen molar-refractivity contribution in [2.75, 3.05) is 9.80 Å². The van der Waals surface area contributed by atoms with Gasteiger partial charge in [-0.3, -0.25) is 0 Å². The molecule has 3 heterocycles. The van der Waals surface area contributed by atoms with E-state index in [1.54, 1.807) is 0 Å². The first-order valence-corrected chi connectivity index (χ1v) is 19.1. The number of benzene rings is 8. The Balaban J connectivity index is 1.21. The number of fused-ring (bicyclic) bond motifs is 7. The first-order chi connectivity index (χ1) is 27.3. The average molecular weight is 726 g/mol. The summed E-state index contributed by atoms with van der Waals surface area (Å²) in [7, 11) is 0. The Morgan fingerprint density at radius 1 is 0.400 bits per heavy atom. The third-order valence-electron chi connectivity index (χ3n) is 10.3. The maximum absolute atomic E-state index is 6.75. The number of aromatic nitrogens is 1. The maximum Gasteiger partial charge on any atom is 0.227 e. The molecule has 3 aromatic heterocycles. The number of nitrogens with zero attached hydrogens (tertiary/aromatic N) is 3. The van der Waals surface area contributed by atoms with Gasteiger partial charge in [-0.05, 0) is 78.9 Å². The summed E-state index contributed by atoms with van der Waals surface area (Å²) in [4.78, 5) is 9.89. The van der Waals surface area contributed by atoms with Crippen molar-refractivity contribution in [1.29, 1.82) is 0 Å². The van der Waals surface area contributed by atoms with Crippen LogP contribution < -0.4 is 9.80 Å². The van der Waals surface area contributed by atoms with Crippen molar-refractivity contribution in [3.8, 4) is 11.5 Å². The van der Waals surface area contributed by atoms with E-state index in [9.17, 15) is 0 Å². The van der Waals surface area contributed by atoms with Crippen molar-refractivity contribution >= 4 is 98.7 Å². The van der Waals surface area contributed by atoms with Gasteiger partial charge >= 0.3 is 0 Å². The van der Waals surface area contributed by atoms with Crippen molar-refractivity contribution in [3.05, 3.63) is 188 Å². The lowest BCUT2D eigenvalue weighted by atomic mass is 10.1. The predicted octanol–water partition coefficient (Wildman–Crippen LogP) is 14.7. The van der Waals surface area contributed by atoms with Crippen LogP contribution in [0, 0.1) is 0 Å². The molecule has 0 radical (unpaired) electrons. The van der Waals surface area contributed by atoms with E-state index in [2.05, 4.69) is 155 Å². The van der Waals surface area contributed by atoms with E-state index in [1.165, 1.54) is 20.2 Å². The molecule has 0 amide bonds. The van der Waals surface area contributed by atoms with Gasteiger partial charge in [-0.2, -0.15) is 0 Å². The van der Waals surface area contributed by atoms with Crippen LogP contribution in [0.4, 0.5) is 34.1 Å². The molecule has 6 heteroatoms. The quantitative estimate of drug-likeness (QED) is 0.164. The van der Waals surface area contributed by atoms with E-state index in [-0.39, 0.29) is 0 Å². The van der Waals surface area contributed by atoms with Gasteiger partial charge in [0.05, 0.1) is 21.8 Å². The molecule has 0 N–H and O–H groups in total. The molecular weight excluding hydrogens is 695 g/mol. The first kappa shape index (κ1) is 31.4. The highest BCUT2D eigenvalue weighted by Gasteiger charge is 2.26. The molecule has 55 heavy (non-hydrogen) atoms. The highest BCUT2D eigenvalue weighted by atomic mass is 32.1. The summed E-state index contributed by atoms with van der Waals surface area (Å²) in [5.41, 5.74) is 10.0. The van der Waals surface area contributed by atoms with Gasteiger partial charge in [-0.15, -0.1) is 11.3 Å². The van der Waals surface area contributed by atoms with E-state index in [0.29, 0.717) is 11.5 Å². The topological polar surface area (TPSA) is 45.7 Å². The average Bonchev–Trinajstić information content (AvgIpc) is 3.96. The summed E-state index contributed by atoms with van der Waals surface area (Å²) in [5.74, 6) is 0.569. The fraction of sp³-hybridized carbons (Fsp3) is 0. The lowest BCUT2D eigenvalue weighted by Crippen LogP contribution is -2.14. The fourth-order valence-electron chi connectivity index (χ4n) is 7.77. The van der Waals surface area contributed by atoms with Crippen LogP contribution in [0.2, 0.25) is 0 Å². The number of hydrogen-bond acceptors (Lipinski definition) is 6. The van der Waals surface area contributed by atoms with Crippen molar-refractivity contribution in [1.82, 2.24) is 4.98 Å². The van der Waals surface area contributed by atoms with E-state index >= 15 is 0 Å². The molecule has 0 fully saturated rings. The molecule has 0 bridgehead atoms. The number of rotatable bonds is 7. The smallest absolute Gasteiger partial charge is 0.227 e. The molecule has 0 unspecified atom stereocenters. The number of furan rings is 1. The Morgan fingerprint density at radius 2 is 1.05 bits per heavy atom. The normalized spacial score (nSPS) is 11.6. The van der Waals surface area contributed by atoms with Crippen LogP contribution in [-0.2, 0) is 0 Å². The Labute approximate surface area is 320 Å². The zero-order chi connectivity index (χ0) is 36.3. The molecule has 0 aliphatic carbocycles. The first-order valence-electron chi connectivity index (χ1n) is 18.3. The largest absolute Gasteiger partial charge is 0.456 e. The molecule has 0 atom stereocenters. The molecule has 0 saturated heterocycles. The Morgan fingerprint density at radius 3 is 1.85 bits per heavy atom. The molecule has 11 rings (SSSR count). The Kier molecular flexibility index (Phi) is 7.28. The number of hydrogen-bond donors (Lipinski definition) is 0. The highest BCUT2D eigenvalue weighted by Crippen LogP contribution is 2.49. The number of anilines is 6. The summed E-state index contributed by atoms with van der Waals surface area (Å²) in [6.07, 6.45) is 0. The highest BCUT2D eigenvalue weighted by molar-refractivity contribution is 7.26. The second-order valence-corrected chi connectivity index (χ2v) is 14.6. The SMILES string of the molecule is c1ccc(-c2nc3c(N(c4ccccc4)c4cccc5c4sc4ccccc45)cc(N(c4ccccc4)c4ccc5oc6ccccc6c5c4)cc3o2)cc1.